The summed E-state index contributed by atoms with van der Waals surface area (Å²) in [4.78, 5) is 18.0. The highest BCUT2D eigenvalue weighted by Gasteiger charge is 2.12. The molecule has 0 unspecified atom stereocenters. The third kappa shape index (κ3) is 3.43. The van der Waals surface area contributed by atoms with E-state index in [1.165, 1.54) is 0 Å². The molecule has 0 bridgehead atoms. The van der Waals surface area contributed by atoms with Crippen LogP contribution in [0.3, 0.4) is 0 Å². The molecule has 2 aromatic carbocycles. The van der Waals surface area contributed by atoms with Crippen LogP contribution in [0.1, 0.15) is 10.4 Å². The first kappa shape index (κ1) is 15.3. The number of pyridine rings is 1. The number of nitrogens with one attached hydrogen (secondary N) is 1. The lowest BCUT2D eigenvalue weighted by molar-refractivity contribution is 0.102. The lowest BCUT2D eigenvalue weighted by Crippen LogP contribution is -2.13. The molecule has 4 heteroatoms. The summed E-state index contributed by atoms with van der Waals surface area (Å²) in [5.74, 6) is 0.667. The molecular formula is C19H16N2OS. The molecule has 0 radical (unpaired) electrons. The molecule has 0 saturated carbocycles. The highest BCUT2D eigenvalue weighted by Crippen LogP contribution is 2.28. The van der Waals surface area contributed by atoms with Crippen molar-refractivity contribution < 1.29 is 4.79 Å². The number of fused-ring (bicyclic) bond motifs is 1. The quantitative estimate of drug-likeness (QED) is 0.544. The SMILES string of the molecule is C=CCSc1ccccc1NC(=O)c1cccc2ncccc12. The van der Waals surface area contributed by atoms with E-state index >= 15 is 0 Å². The fourth-order valence-electron chi connectivity index (χ4n) is 2.34. The second-order valence-corrected chi connectivity index (χ2v) is 5.99. The van der Waals surface area contributed by atoms with E-state index in [2.05, 4.69) is 16.9 Å². The van der Waals surface area contributed by atoms with Crippen molar-refractivity contribution >= 4 is 34.3 Å². The van der Waals surface area contributed by atoms with E-state index in [0.29, 0.717) is 5.56 Å². The number of aromatic nitrogens is 1. The van der Waals surface area contributed by atoms with Gasteiger partial charge < -0.3 is 5.32 Å². The van der Waals surface area contributed by atoms with Gasteiger partial charge in [-0.2, -0.15) is 0 Å². The number of amides is 1. The molecule has 0 spiro atoms. The molecule has 23 heavy (non-hydrogen) atoms. The van der Waals surface area contributed by atoms with E-state index in [1.807, 2.05) is 60.7 Å². The predicted molar refractivity (Wildman–Crippen MR) is 97.1 cm³/mol. The number of carbonyl (C=O) groups excluding carboxylic acids is 1. The van der Waals surface area contributed by atoms with Gasteiger partial charge in [-0.3, -0.25) is 9.78 Å². The van der Waals surface area contributed by atoms with Gasteiger partial charge in [0, 0.05) is 27.8 Å². The number of nitrogens with zero attached hydrogens (tertiary/aromatic N) is 1. The summed E-state index contributed by atoms with van der Waals surface area (Å²) in [6.07, 6.45) is 3.57. The highest BCUT2D eigenvalue weighted by molar-refractivity contribution is 7.99. The van der Waals surface area contributed by atoms with Crippen molar-refractivity contribution in [3.8, 4) is 0 Å². The van der Waals surface area contributed by atoms with Crippen molar-refractivity contribution in [3.05, 3.63) is 79.0 Å². The molecule has 3 aromatic rings. The van der Waals surface area contributed by atoms with Gasteiger partial charge in [-0.1, -0.05) is 30.3 Å². The van der Waals surface area contributed by atoms with Gasteiger partial charge in [0.15, 0.2) is 0 Å². The minimum absolute atomic E-state index is 0.129. The lowest BCUT2D eigenvalue weighted by Gasteiger charge is -2.11. The molecule has 1 aromatic heterocycles. The Labute approximate surface area is 139 Å². The number of para-hydroxylation sites is 1. The smallest absolute Gasteiger partial charge is 0.256 e. The van der Waals surface area contributed by atoms with Gasteiger partial charge in [0.05, 0.1) is 11.2 Å². The van der Waals surface area contributed by atoms with Gasteiger partial charge in [-0.05, 0) is 30.3 Å². The normalized spacial score (nSPS) is 10.4. The number of rotatable bonds is 5. The van der Waals surface area contributed by atoms with Crippen LogP contribution in [0, 0.1) is 0 Å². The Kier molecular flexibility index (Phi) is 4.74. The molecule has 3 rings (SSSR count). The van der Waals surface area contributed by atoms with Crippen LogP contribution in [-0.2, 0) is 0 Å². The molecule has 0 aliphatic rings. The summed E-state index contributed by atoms with van der Waals surface area (Å²) in [6, 6.07) is 17.1. The van der Waals surface area contributed by atoms with E-state index < -0.39 is 0 Å². The number of benzene rings is 2. The second kappa shape index (κ2) is 7.11. The van der Waals surface area contributed by atoms with Crippen LogP contribution in [0.5, 0.6) is 0 Å². The molecule has 1 N–H and O–H groups in total. The van der Waals surface area contributed by atoms with E-state index in [4.69, 9.17) is 0 Å². The van der Waals surface area contributed by atoms with Gasteiger partial charge in [0.2, 0.25) is 0 Å². The van der Waals surface area contributed by atoms with Crippen molar-refractivity contribution in [2.75, 3.05) is 11.1 Å². The molecule has 1 amide bonds. The fourth-order valence-corrected chi connectivity index (χ4v) is 3.08. The van der Waals surface area contributed by atoms with Crippen molar-refractivity contribution in [2.24, 2.45) is 0 Å². The Bertz CT molecular complexity index is 855. The highest BCUT2D eigenvalue weighted by atomic mass is 32.2. The Morgan fingerprint density at radius 3 is 2.87 bits per heavy atom. The number of hydrogen-bond acceptors (Lipinski definition) is 3. The standard InChI is InChI=1S/C19H16N2OS/c1-2-13-23-18-11-4-3-9-17(18)21-19(22)15-7-5-10-16-14(15)8-6-12-20-16/h2-12H,1,13H2,(H,21,22). The van der Waals surface area contributed by atoms with Gasteiger partial charge >= 0.3 is 0 Å². The average Bonchev–Trinajstić information content (AvgIpc) is 2.60. The first-order valence-electron chi connectivity index (χ1n) is 7.27. The summed E-state index contributed by atoms with van der Waals surface area (Å²) in [5.41, 5.74) is 2.25. The molecule has 1 heterocycles. The van der Waals surface area contributed by atoms with E-state index in [-0.39, 0.29) is 5.91 Å². The first-order chi connectivity index (χ1) is 11.3. The maximum Gasteiger partial charge on any atom is 0.256 e. The number of hydrogen-bond donors (Lipinski definition) is 1. The predicted octanol–water partition coefficient (Wildman–Crippen LogP) is 4.77. The fraction of sp³-hybridized carbons (Fsp3) is 0.0526. The zero-order valence-electron chi connectivity index (χ0n) is 12.5. The van der Waals surface area contributed by atoms with Gasteiger partial charge in [0.1, 0.15) is 0 Å². The van der Waals surface area contributed by atoms with E-state index in [1.54, 1.807) is 18.0 Å². The third-order valence-electron chi connectivity index (χ3n) is 3.38. The van der Waals surface area contributed by atoms with Crippen LogP contribution >= 0.6 is 11.8 Å². The van der Waals surface area contributed by atoms with Crippen LogP contribution < -0.4 is 5.32 Å². The molecule has 3 nitrogen and oxygen atoms in total. The Hall–Kier alpha value is -2.59. The minimum Gasteiger partial charge on any atom is -0.321 e. The van der Waals surface area contributed by atoms with Crippen LogP contribution in [0.25, 0.3) is 10.9 Å². The molecule has 0 fully saturated rings. The van der Waals surface area contributed by atoms with Crippen molar-refractivity contribution in [2.45, 2.75) is 4.90 Å². The summed E-state index contributed by atoms with van der Waals surface area (Å²) >= 11 is 1.64. The van der Waals surface area contributed by atoms with Gasteiger partial charge in [-0.15, -0.1) is 18.3 Å². The Balaban J connectivity index is 1.91. The zero-order chi connectivity index (χ0) is 16.1. The van der Waals surface area contributed by atoms with Crippen molar-refractivity contribution in [1.82, 2.24) is 4.98 Å². The lowest BCUT2D eigenvalue weighted by atomic mass is 10.1. The molecular weight excluding hydrogens is 304 g/mol. The first-order valence-corrected chi connectivity index (χ1v) is 8.26. The summed E-state index contributed by atoms with van der Waals surface area (Å²) in [6.45, 7) is 3.73. The van der Waals surface area contributed by atoms with Gasteiger partial charge in [0.25, 0.3) is 5.91 Å². The zero-order valence-corrected chi connectivity index (χ0v) is 13.3. The summed E-state index contributed by atoms with van der Waals surface area (Å²) < 4.78 is 0. The molecule has 0 atom stereocenters. The Morgan fingerprint density at radius 2 is 2.00 bits per heavy atom. The number of thioether (sulfide) groups is 1. The monoisotopic (exact) mass is 320 g/mol. The average molecular weight is 320 g/mol. The third-order valence-corrected chi connectivity index (χ3v) is 4.45. The maximum absolute atomic E-state index is 12.7. The molecule has 0 aliphatic carbocycles. The topological polar surface area (TPSA) is 42.0 Å². The van der Waals surface area contributed by atoms with E-state index in [0.717, 1.165) is 27.2 Å². The Morgan fingerprint density at radius 1 is 1.13 bits per heavy atom. The minimum atomic E-state index is -0.129. The number of anilines is 1. The summed E-state index contributed by atoms with van der Waals surface area (Å²) in [7, 11) is 0. The van der Waals surface area contributed by atoms with Gasteiger partial charge in [-0.25, -0.2) is 0 Å². The molecule has 114 valence electrons. The number of carbonyl (C=O) groups is 1. The van der Waals surface area contributed by atoms with E-state index in [9.17, 15) is 4.79 Å². The van der Waals surface area contributed by atoms with Crippen molar-refractivity contribution in [3.63, 3.8) is 0 Å². The van der Waals surface area contributed by atoms with Crippen LogP contribution in [-0.4, -0.2) is 16.6 Å². The largest absolute Gasteiger partial charge is 0.321 e. The van der Waals surface area contributed by atoms with Crippen LogP contribution in [0.15, 0.2) is 78.3 Å². The second-order valence-electron chi connectivity index (χ2n) is 4.93. The molecule has 0 saturated heterocycles. The molecule has 0 aliphatic heterocycles. The van der Waals surface area contributed by atoms with Crippen molar-refractivity contribution in [1.29, 1.82) is 0 Å². The maximum atomic E-state index is 12.7. The summed E-state index contributed by atoms with van der Waals surface area (Å²) in [5, 5.41) is 3.86. The van der Waals surface area contributed by atoms with Crippen LogP contribution in [0.2, 0.25) is 0 Å². The van der Waals surface area contributed by atoms with Crippen LogP contribution in [0.4, 0.5) is 5.69 Å².